The van der Waals surface area contributed by atoms with Gasteiger partial charge in [-0.05, 0) is 86.6 Å². The fraction of sp³-hybridized carbons (Fsp3) is 0.400. The number of phenols is 1. The molecule has 2 aliphatic heterocycles. The van der Waals surface area contributed by atoms with Crippen molar-refractivity contribution >= 4 is 0 Å². The maximum absolute atomic E-state index is 10.2. The Hall–Kier alpha value is -2.78. The van der Waals surface area contributed by atoms with Gasteiger partial charge >= 0.3 is 0 Å². The minimum absolute atomic E-state index is 0.165. The minimum atomic E-state index is 0.165. The quantitative estimate of drug-likeness (QED) is 0.405. The Morgan fingerprint density at radius 1 is 0.818 bits per heavy atom. The van der Waals surface area contributed by atoms with Crippen LogP contribution in [0.3, 0.4) is 0 Å². The number of hydrogen-bond donors (Lipinski definition) is 1. The van der Waals surface area contributed by atoms with Crippen LogP contribution in [0.2, 0.25) is 0 Å². The number of likely N-dealkylation sites (tertiary alicyclic amines) is 1. The Bertz CT molecular complexity index is 1020. The monoisotopic (exact) mass is 441 g/mol. The molecule has 1 N–H and O–H groups in total. The Balaban J connectivity index is 1.29. The average molecular weight is 442 g/mol. The highest BCUT2D eigenvalue weighted by atomic mass is 16.5. The number of unbranched alkanes of at least 4 members (excludes halogenated alkanes) is 2. The van der Waals surface area contributed by atoms with Gasteiger partial charge in [0.05, 0.1) is 6.61 Å². The van der Waals surface area contributed by atoms with E-state index in [0.29, 0.717) is 12.4 Å². The predicted molar refractivity (Wildman–Crippen MR) is 134 cm³/mol. The van der Waals surface area contributed by atoms with Crippen molar-refractivity contribution in [2.24, 2.45) is 0 Å². The lowest BCUT2D eigenvalue weighted by Crippen LogP contribution is -2.25. The summed E-state index contributed by atoms with van der Waals surface area (Å²) < 4.78 is 6.12. The van der Waals surface area contributed by atoms with Crippen LogP contribution in [-0.2, 0) is 6.42 Å². The molecule has 3 aromatic carbocycles. The van der Waals surface area contributed by atoms with Gasteiger partial charge in [0.15, 0.2) is 0 Å². The summed E-state index contributed by atoms with van der Waals surface area (Å²) in [5.41, 5.74) is 5.06. The lowest BCUT2D eigenvalue weighted by atomic mass is 9.75. The molecule has 0 radical (unpaired) electrons. The topological polar surface area (TPSA) is 32.7 Å². The zero-order chi connectivity index (χ0) is 22.5. The summed E-state index contributed by atoms with van der Waals surface area (Å²) in [5, 5.41) is 10.2. The van der Waals surface area contributed by atoms with Crippen molar-refractivity contribution in [3.8, 4) is 11.5 Å². The van der Waals surface area contributed by atoms with Crippen LogP contribution in [0, 0.1) is 0 Å². The molecule has 0 bridgehead atoms. The summed E-state index contributed by atoms with van der Waals surface area (Å²) in [5.74, 6) is 1.56. The maximum atomic E-state index is 10.2. The highest BCUT2D eigenvalue weighted by Gasteiger charge is 2.33. The summed E-state index contributed by atoms with van der Waals surface area (Å²) in [4.78, 5) is 2.61. The van der Waals surface area contributed by atoms with Gasteiger partial charge in [-0.1, -0.05) is 61.0 Å². The van der Waals surface area contributed by atoms with E-state index in [2.05, 4.69) is 59.5 Å². The highest BCUT2D eigenvalue weighted by Crippen LogP contribution is 2.47. The standard InChI is InChI=1S/C30H35NO2/c32-26-16-17-29-27(21-26)30(28(22-33-29)24-10-4-1-5-11-24)25-14-12-23(13-15-25)9-3-2-6-18-31-19-7-8-20-31/h1,4-5,10-17,21,28,30,32H,2-3,6-9,18-20,22H2. The molecule has 0 saturated carbocycles. The SMILES string of the molecule is Oc1ccc2c(c1)C(c1ccc(CCCCCN3CCCC3)cc1)C(c1ccccc1)CO2. The van der Waals surface area contributed by atoms with E-state index in [1.54, 1.807) is 6.07 Å². The third-order valence-electron chi connectivity index (χ3n) is 7.35. The minimum Gasteiger partial charge on any atom is -0.508 e. The van der Waals surface area contributed by atoms with Crippen LogP contribution in [0.4, 0.5) is 0 Å². The van der Waals surface area contributed by atoms with Crippen LogP contribution >= 0.6 is 0 Å². The molecule has 5 rings (SSSR count). The van der Waals surface area contributed by atoms with Crippen LogP contribution in [0.1, 0.15) is 66.2 Å². The fourth-order valence-corrected chi connectivity index (χ4v) is 5.54. The van der Waals surface area contributed by atoms with Crippen molar-refractivity contribution in [3.05, 3.63) is 95.1 Å². The van der Waals surface area contributed by atoms with Gasteiger partial charge in [-0.25, -0.2) is 0 Å². The van der Waals surface area contributed by atoms with Gasteiger partial charge in [0.25, 0.3) is 0 Å². The van der Waals surface area contributed by atoms with Gasteiger partial charge in [0, 0.05) is 17.4 Å². The smallest absolute Gasteiger partial charge is 0.123 e. The summed E-state index contributed by atoms with van der Waals surface area (Å²) in [7, 11) is 0. The number of hydrogen-bond acceptors (Lipinski definition) is 3. The zero-order valence-corrected chi connectivity index (χ0v) is 19.5. The third kappa shape index (κ3) is 5.25. The van der Waals surface area contributed by atoms with Crippen molar-refractivity contribution in [1.29, 1.82) is 0 Å². The van der Waals surface area contributed by atoms with Gasteiger partial charge < -0.3 is 14.7 Å². The Morgan fingerprint density at radius 2 is 1.61 bits per heavy atom. The summed E-state index contributed by atoms with van der Waals surface area (Å²) >= 11 is 0. The van der Waals surface area contributed by atoms with Crippen molar-refractivity contribution in [2.45, 2.75) is 50.4 Å². The predicted octanol–water partition coefficient (Wildman–Crippen LogP) is 6.51. The van der Waals surface area contributed by atoms with E-state index in [1.165, 1.54) is 68.4 Å². The lowest BCUT2D eigenvalue weighted by Gasteiger charge is -2.34. The molecule has 3 aromatic rings. The van der Waals surface area contributed by atoms with E-state index >= 15 is 0 Å². The van der Waals surface area contributed by atoms with E-state index < -0.39 is 0 Å². The normalized spacial score (nSPS) is 20.4. The number of benzene rings is 3. The maximum Gasteiger partial charge on any atom is 0.123 e. The second-order valence-electron chi connectivity index (χ2n) is 9.63. The highest BCUT2D eigenvalue weighted by molar-refractivity contribution is 5.50. The molecule has 1 saturated heterocycles. The molecule has 2 atom stereocenters. The Labute approximate surface area is 198 Å². The first-order valence-electron chi connectivity index (χ1n) is 12.6. The number of ether oxygens (including phenoxy) is 1. The largest absolute Gasteiger partial charge is 0.508 e. The van der Waals surface area contributed by atoms with Gasteiger partial charge in [-0.2, -0.15) is 0 Å². The molecule has 0 aliphatic carbocycles. The summed E-state index contributed by atoms with van der Waals surface area (Å²) in [6, 6.07) is 25.3. The Kier molecular flexibility index (Phi) is 6.97. The summed E-state index contributed by atoms with van der Waals surface area (Å²) in [6.45, 7) is 4.53. The molecule has 2 heterocycles. The van der Waals surface area contributed by atoms with Gasteiger partial charge in [0.2, 0.25) is 0 Å². The first-order chi connectivity index (χ1) is 16.3. The molecule has 0 aromatic heterocycles. The molecule has 33 heavy (non-hydrogen) atoms. The average Bonchev–Trinajstić information content (AvgIpc) is 3.38. The zero-order valence-electron chi connectivity index (χ0n) is 19.5. The number of rotatable bonds is 8. The van der Waals surface area contributed by atoms with Gasteiger partial charge in [-0.15, -0.1) is 0 Å². The van der Waals surface area contributed by atoms with Gasteiger partial charge in [0.1, 0.15) is 11.5 Å². The van der Waals surface area contributed by atoms with Gasteiger partial charge in [-0.3, -0.25) is 0 Å². The number of phenolic OH excluding ortho intramolecular Hbond substituents is 1. The molecule has 2 unspecified atom stereocenters. The third-order valence-corrected chi connectivity index (χ3v) is 7.35. The van der Waals surface area contributed by atoms with E-state index in [4.69, 9.17) is 4.74 Å². The van der Waals surface area contributed by atoms with Crippen molar-refractivity contribution in [2.75, 3.05) is 26.2 Å². The van der Waals surface area contributed by atoms with E-state index in [-0.39, 0.29) is 11.8 Å². The Morgan fingerprint density at radius 3 is 2.39 bits per heavy atom. The molecule has 1 fully saturated rings. The van der Waals surface area contributed by atoms with Crippen molar-refractivity contribution in [1.82, 2.24) is 4.90 Å². The number of fused-ring (bicyclic) bond motifs is 1. The molecular weight excluding hydrogens is 406 g/mol. The first-order valence-corrected chi connectivity index (χ1v) is 12.6. The molecule has 0 amide bonds. The number of nitrogens with zero attached hydrogens (tertiary/aromatic N) is 1. The second kappa shape index (κ2) is 10.4. The molecule has 3 heteroatoms. The fourth-order valence-electron chi connectivity index (χ4n) is 5.54. The second-order valence-corrected chi connectivity index (χ2v) is 9.63. The van der Waals surface area contributed by atoms with Crippen LogP contribution < -0.4 is 4.74 Å². The van der Waals surface area contributed by atoms with E-state index in [1.807, 2.05) is 12.1 Å². The summed E-state index contributed by atoms with van der Waals surface area (Å²) in [6.07, 6.45) is 7.80. The van der Waals surface area contributed by atoms with Crippen molar-refractivity contribution in [3.63, 3.8) is 0 Å². The molecule has 0 spiro atoms. The first kappa shape index (κ1) is 22.0. The van der Waals surface area contributed by atoms with Crippen LogP contribution in [-0.4, -0.2) is 36.2 Å². The van der Waals surface area contributed by atoms with E-state index in [0.717, 1.165) is 17.7 Å². The lowest BCUT2D eigenvalue weighted by molar-refractivity contribution is 0.248. The molecule has 2 aliphatic rings. The van der Waals surface area contributed by atoms with Crippen LogP contribution in [0.5, 0.6) is 11.5 Å². The number of aryl methyl sites for hydroxylation is 1. The number of aromatic hydroxyl groups is 1. The van der Waals surface area contributed by atoms with Crippen molar-refractivity contribution < 1.29 is 9.84 Å². The van der Waals surface area contributed by atoms with Crippen LogP contribution in [0.25, 0.3) is 0 Å². The molecular formula is C30H35NO2. The molecule has 172 valence electrons. The van der Waals surface area contributed by atoms with Crippen LogP contribution in [0.15, 0.2) is 72.8 Å². The molecule has 3 nitrogen and oxygen atoms in total. The van der Waals surface area contributed by atoms with E-state index in [9.17, 15) is 5.11 Å².